The number of piperidine rings is 1. The number of carbonyl (C=O) groups is 2. The first-order chi connectivity index (χ1) is 8.09. The molecule has 0 unspecified atom stereocenters. The quantitative estimate of drug-likeness (QED) is 0.588. The Kier molecular flexibility index (Phi) is 3.63. The van der Waals surface area contributed by atoms with Crippen molar-refractivity contribution in [1.82, 2.24) is 10.2 Å². The van der Waals surface area contributed by atoms with E-state index in [0.717, 1.165) is 25.8 Å². The number of rotatable bonds is 2. The number of nitrogens with zero attached hydrogens (tertiary/aromatic N) is 1. The summed E-state index contributed by atoms with van der Waals surface area (Å²) in [5, 5.41) is 21.6. The number of aliphatic hydroxyl groups is 1. The zero-order valence-electron chi connectivity index (χ0n) is 9.63. The van der Waals surface area contributed by atoms with Crippen molar-refractivity contribution in [3.8, 4) is 0 Å². The third-order valence-electron chi connectivity index (χ3n) is 3.46. The fraction of sp³-hybridized carbons (Fsp3) is 0.818. The van der Waals surface area contributed by atoms with Crippen LogP contribution in [0.4, 0.5) is 0 Å². The van der Waals surface area contributed by atoms with Crippen LogP contribution in [0, 0.1) is 0 Å². The second-order valence-corrected chi connectivity index (χ2v) is 4.74. The molecule has 2 saturated heterocycles. The van der Waals surface area contributed by atoms with E-state index in [1.165, 1.54) is 4.90 Å². The van der Waals surface area contributed by atoms with Gasteiger partial charge in [0.15, 0.2) is 0 Å². The van der Waals surface area contributed by atoms with Crippen LogP contribution in [0.25, 0.3) is 0 Å². The van der Waals surface area contributed by atoms with Crippen molar-refractivity contribution >= 4 is 11.9 Å². The Labute approximate surface area is 99.6 Å². The maximum Gasteiger partial charge on any atom is 0.326 e. The minimum atomic E-state index is -1.04. The number of carboxylic acid groups (broad SMARTS) is 1. The van der Waals surface area contributed by atoms with E-state index in [4.69, 9.17) is 5.11 Å². The highest BCUT2D eigenvalue weighted by atomic mass is 16.4. The van der Waals surface area contributed by atoms with Crippen molar-refractivity contribution in [1.29, 1.82) is 0 Å². The van der Waals surface area contributed by atoms with Gasteiger partial charge in [0.1, 0.15) is 6.04 Å². The smallest absolute Gasteiger partial charge is 0.326 e. The molecule has 6 heteroatoms. The standard InChI is InChI=1S/C11H18N2O4/c14-7-5-9(11(16)17)13(6-7)10(15)8-3-1-2-4-12-8/h7-9,12,14H,1-6H2,(H,16,17)/t7-,8-,9+/m1/s1. The molecule has 6 nitrogen and oxygen atoms in total. The molecule has 0 aliphatic carbocycles. The van der Waals surface area contributed by atoms with E-state index in [1.54, 1.807) is 0 Å². The minimum Gasteiger partial charge on any atom is -0.480 e. The summed E-state index contributed by atoms with van der Waals surface area (Å²) in [5.41, 5.74) is 0. The fourth-order valence-electron chi connectivity index (χ4n) is 2.55. The van der Waals surface area contributed by atoms with Crippen molar-refractivity contribution in [2.75, 3.05) is 13.1 Å². The molecule has 2 aliphatic rings. The highest BCUT2D eigenvalue weighted by molar-refractivity contribution is 5.87. The third kappa shape index (κ3) is 2.58. The van der Waals surface area contributed by atoms with E-state index in [-0.39, 0.29) is 24.9 Å². The Bertz CT molecular complexity index is 315. The number of aliphatic hydroxyl groups excluding tert-OH is 1. The van der Waals surface area contributed by atoms with Gasteiger partial charge in [-0.05, 0) is 19.4 Å². The first-order valence-electron chi connectivity index (χ1n) is 6.04. The largest absolute Gasteiger partial charge is 0.480 e. The molecular weight excluding hydrogens is 224 g/mol. The zero-order valence-corrected chi connectivity index (χ0v) is 9.63. The van der Waals surface area contributed by atoms with Gasteiger partial charge in [-0.2, -0.15) is 0 Å². The first-order valence-corrected chi connectivity index (χ1v) is 6.04. The third-order valence-corrected chi connectivity index (χ3v) is 3.46. The van der Waals surface area contributed by atoms with Crippen molar-refractivity contribution in [2.45, 2.75) is 43.9 Å². The summed E-state index contributed by atoms with van der Waals surface area (Å²) in [5.74, 6) is -1.22. The molecule has 0 aromatic carbocycles. The van der Waals surface area contributed by atoms with Gasteiger partial charge in [-0.15, -0.1) is 0 Å². The lowest BCUT2D eigenvalue weighted by molar-refractivity contribution is -0.149. The maximum atomic E-state index is 12.1. The summed E-state index contributed by atoms with van der Waals surface area (Å²) in [6.07, 6.45) is 2.20. The predicted octanol–water partition coefficient (Wildman–Crippen LogP) is -0.825. The Morgan fingerprint density at radius 3 is 2.65 bits per heavy atom. The summed E-state index contributed by atoms with van der Waals surface area (Å²) in [6, 6.07) is -1.16. The molecule has 3 atom stereocenters. The molecule has 0 aromatic rings. The van der Waals surface area contributed by atoms with Crippen LogP contribution >= 0.6 is 0 Å². The fourth-order valence-corrected chi connectivity index (χ4v) is 2.55. The Morgan fingerprint density at radius 2 is 2.06 bits per heavy atom. The van der Waals surface area contributed by atoms with Gasteiger partial charge in [0.25, 0.3) is 0 Å². The highest BCUT2D eigenvalue weighted by Gasteiger charge is 2.41. The number of likely N-dealkylation sites (tertiary alicyclic amines) is 1. The maximum absolute atomic E-state index is 12.1. The molecule has 96 valence electrons. The number of nitrogens with one attached hydrogen (secondary N) is 1. The monoisotopic (exact) mass is 242 g/mol. The molecule has 2 heterocycles. The number of carboxylic acids is 1. The number of hydrogen-bond donors (Lipinski definition) is 3. The number of β-amino-alcohol motifs (C(OH)–C–C–N with tert-alkyl or cyclic N) is 1. The van der Waals surface area contributed by atoms with E-state index >= 15 is 0 Å². The lowest BCUT2D eigenvalue weighted by Crippen LogP contribution is -2.51. The van der Waals surface area contributed by atoms with Crippen molar-refractivity contribution in [2.24, 2.45) is 0 Å². The van der Waals surface area contributed by atoms with E-state index in [0.29, 0.717) is 0 Å². The average Bonchev–Trinajstić information content (AvgIpc) is 2.72. The van der Waals surface area contributed by atoms with Gasteiger partial charge in [0, 0.05) is 13.0 Å². The molecule has 17 heavy (non-hydrogen) atoms. The van der Waals surface area contributed by atoms with E-state index < -0.39 is 18.1 Å². The van der Waals surface area contributed by atoms with Crippen LogP contribution in [-0.4, -0.2) is 58.3 Å². The number of amides is 1. The summed E-state index contributed by atoms with van der Waals surface area (Å²) < 4.78 is 0. The molecule has 0 saturated carbocycles. The summed E-state index contributed by atoms with van der Waals surface area (Å²) in [4.78, 5) is 24.5. The summed E-state index contributed by atoms with van der Waals surface area (Å²) in [7, 11) is 0. The lowest BCUT2D eigenvalue weighted by Gasteiger charge is -2.29. The van der Waals surface area contributed by atoms with Gasteiger partial charge in [-0.1, -0.05) is 6.42 Å². The van der Waals surface area contributed by atoms with Crippen molar-refractivity contribution in [3.63, 3.8) is 0 Å². The van der Waals surface area contributed by atoms with Crippen LogP contribution in [0.5, 0.6) is 0 Å². The van der Waals surface area contributed by atoms with E-state index in [1.807, 2.05) is 0 Å². The molecular formula is C11H18N2O4. The Balaban J connectivity index is 2.04. The summed E-state index contributed by atoms with van der Waals surface area (Å²) in [6.45, 7) is 0.929. The van der Waals surface area contributed by atoms with Crippen LogP contribution in [0.1, 0.15) is 25.7 Å². The van der Waals surface area contributed by atoms with Crippen LogP contribution in [-0.2, 0) is 9.59 Å². The zero-order chi connectivity index (χ0) is 12.4. The number of hydrogen-bond acceptors (Lipinski definition) is 4. The number of carbonyl (C=O) groups excluding carboxylic acids is 1. The molecule has 0 spiro atoms. The first kappa shape index (κ1) is 12.3. The molecule has 1 amide bonds. The molecule has 0 aromatic heterocycles. The lowest BCUT2D eigenvalue weighted by atomic mass is 10.0. The topological polar surface area (TPSA) is 89.9 Å². The van der Waals surface area contributed by atoms with E-state index in [2.05, 4.69) is 5.32 Å². The molecule has 0 bridgehead atoms. The number of aliphatic carboxylic acids is 1. The van der Waals surface area contributed by atoms with Crippen molar-refractivity contribution in [3.05, 3.63) is 0 Å². The van der Waals surface area contributed by atoms with Gasteiger partial charge >= 0.3 is 5.97 Å². The molecule has 3 N–H and O–H groups in total. The van der Waals surface area contributed by atoms with Gasteiger partial charge in [-0.3, -0.25) is 4.79 Å². The highest BCUT2D eigenvalue weighted by Crippen LogP contribution is 2.21. The molecule has 2 rings (SSSR count). The van der Waals surface area contributed by atoms with Gasteiger partial charge < -0.3 is 20.4 Å². The normalized spacial score (nSPS) is 33.7. The predicted molar refractivity (Wildman–Crippen MR) is 59.4 cm³/mol. The van der Waals surface area contributed by atoms with Crippen LogP contribution in [0.15, 0.2) is 0 Å². The van der Waals surface area contributed by atoms with Gasteiger partial charge in [0.2, 0.25) is 5.91 Å². The average molecular weight is 242 g/mol. The van der Waals surface area contributed by atoms with Crippen molar-refractivity contribution < 1.29 is 19.8 Å². The molecule has 2 fully saturated rings. The van der Waals surface area contributed by atoms with Crippen LogP contribution in [0.3, 0.4) is 0 Å². The SMILES string of the molecule is O=C(O)[C@@H]1C[C@@H](O)CN1C(=O)[C@H]1CCCCN1. The molecule has 2 aliphatic heterocycles. The Morgan fingerprint density at radius 1 is 1.29 bits per heavy atom. The molecule has 0 radical (unpaired) electrons. The van der Waals surface area contributed by atoms with E-state index in [9.17, 15) is 14.7 Å². The Hall–Kier alpha value is -1.14. The summed E-state index contributed by atoms with van der Waals surface area (Å²) >= 11 is 0. The van der Waals surface area contributed by atoms with Crippen LogP contribution < -0.4 is 5.32 Å². The van der Waals surface area contributed by atoms with Gasteiger partial charge in [0.05, 0.1) is 12.1 Å². The second-order valence-electron chi connectivity index (χ2n) is 4.74. The van der Waals surface area contributed by atoms with Crippen LogP contribution in [0.2, 0.25) is 0 Å². The second kappa shape index (κ2) is 5.01. The van der Waals surface area contributed by atoms with Gasteiger partial charge in [-0.25, -0.2) is 4.79 Å². The minimum absolute atomic E-state index is 0.133.